The van der Waals surface area contributed by atoms with Crippen LogP contribution in [0.1, 0.15) is 30.0 Å². The Hall–Kier alpha value is -3.63. The van der Waals surface area contributed by atoms with E-state index < -0.39 is 23.2 Å². The lowest BCUT2D eigenvalue weighted by Crippen LogP contribution is -2.28. The second kappa shape index (κ2) is 10.2. The second-order valence-electron chi connectivity index (χ2n) is 8.61. The number of rotatable bonds is 6. The van der Waals surface area contributed by atoms with E-state index in [0.717, 1.165) is 19.0 Å². The summed E-state index contributed by atoms with van der Waals surface area (Å²) in [5, 5.41) is 7.38. The third kappa shape index (κ3) is 5.00. The van der Waals surface area contributed by atoms with Gasteiger partial charge in [-0.1, -0.05) is 17.7 Å². The van der Waals surface area contributed by atoms with Gasteiger partial charge in [0.2, 0.25) is 5.95 Å². The molecule has 4 heterocycles. The summed E-state index contributed by atoms with van der Waals surface area (Å²) >= 11 is 5.87. The highest BCUT2D eigenvalue weighted by molar-refractivity contribution is 6.30. The molecule has 1 fully saturated rings. The molecular weight excluding hydrogens is 490 g/mol. The Kier molecular flexibility index (Phi) is 6.80. The van der Waals surface area contributed by atoms with E-state index in [1.54, 1.807) is 36.3 Å². The van der Waals surface area contributed by atoms with Crippen molar-refractivity contribution in [3.05, 3.63) is 93.3 Å². The molecule has 0 amide bonds. The molecule has 186 valence electrons. The predicted molar refractivity (Wildman–Crippen MR) is 131 cm³/mol. The number of anilines is 1. The van der Waals surface area contributed by atoms with Crippen LogP contribution in [0, 0.1) is 11.6 Å². The lowest BCUT2D eigenvalue weighted by atomic mass is 10.0. The molecule has 1 aliphatic heterocycles. The highest BCUT2D eigenvalue weighted by Crippen LogP contribution is 2.29. The summed E-state index contributed by atoms with van der Waals surface area (Å²) < 4.78 is 37.4. The summed E-state index contributed by atoms with van der Waals surface area (Å²) in [5.41, 5.74) is 1.08. The van der Waals surface area contributed by atoms with Gasteiger partial charge in [-0.15, -0.1) is 0 Å². The largest absolute Gasteiger partial charge is 0.381 e. The zero-order chi connectivity index (χ0) is 25.2. The second-order valence-corrected chi connectivity index (χ2v) is 9.01. The van der Waals surface area contributed by atoms with Gasteiger partial charge in [-0.2, -0.15) is 5.10 Å². The molecule has 8 nitrogen and oxygen atoms in total. The standard InChI is InChI=1S/C25H23ClF2N6O2/c1-33-14-17(12-30-33)24(16-2-3-19(26)20(27)10-16)34-7-4-15(11-22(34)35)23-21(28)13-29-25(32-23)31-18-5-8-36-9-6-18/h2-4,7,10-14,18,24H,5-6,8-9H2,1H3,(H,29,31,32)/t24-/m0/s1. The van der Waals surface area contributed by atoms with Gasteiger partial charge in [0.05, 0.1) is 23.5 Å². The molecule has 1 aliphatic rings. The third-order valence-corrected chi connectivity index (χ3v) is 6.40. The maximum Gasteiger partial charge on any atom is 0.252 e. The number of nitrogens with zero attached hydrogens (tertiary/aromatic N) is 5. The van der Waals surface area contributed by atoms with E-state index in [2.05, 4.69) is 20.4 Å². The lowest BCUT2D eigenvalue weighted by Gasteiger charge is -2.23. The van der Waals surface area contributed by atoms with Crippen molar-refractivity contribution in [3.63, 3.8) is 0 Å². The molecule has 36 heavy (non-hydrogen) atoms. The molecule has 0 aliphatic carbocycles. The van der Waals surface area contributed by atoms with Crippen LogP contribution in [0.15, 0.2) is 59.9 Å². The summed E-state index contributed by atoms with van der Waals surface area (Å²) in [6.07, 6.45) is 7.57. The van der Waals surface area contributed by atoms with Crippen molar-refractivity contribution in [2.75, 3.05) is 18.5 Å². The molecule has 0 saturated carbocycles. The number of benzene rings is 1. The minimum Gasteiger partial charge on any atom is -0.381 e. The smallest absolute Gasteiger partial charge is 0.252 e. The summed E-state index contributed by atoms with van der Waals surface area (Å²) in [5.74, 6) is -0.957. The molecule has 1 aromatic carbocycles. The van der Waals surface area contributed by atoms with Crippen molar-refractivity contribution in [1.82, 2.24) is 24.3 Å². The quantitative estimate of drug-likeness (QED) is 0.417. The topological polar surface area (TPSA) is 86.9 Å². The van der Waals surface area contributed by atoms with E-state index in [-0.39, 0.29) is 22.7 Å². The Morgan fingerprint density at radius 2 is 1.92 bits per heavy atom. The molecule has 0 unspecified atom stereocenters. The maximum absolute atomic E-state index is 14.7. The molecule has 5 rings (SSSR count). The van der Waals surface area contributed by atoms with Gasteiger partial charge in [0, 0.05) is 55.9 Å². The zero-order valence-corrected chi connectivity index (χ0v) is 20.1. The first kappa shape index (κ1) is 24.1. The number of nitrogens with one attached hydrogen (secondary N) is 1. The maximum atomic E-state index is 14.7. The van der Waals surface area contributed by atoms with E-state index in [1.807, 2.05) is 0 Å². The minimum atomic E-state index is -0.673. The fraction of sp³-hybridized carbons (Fsp3) is 0.280. The van der Waals surface area contributed by atoms with Gasteiger partial charge < -0.3 is 14.6 Å². The predicted octanol–water partition coefficient (Wildman–Crippen LogP) is 4.20. The molecule has 4 aromatic rings. The first-order valence-electron chi connectivity index (χ1n) is 11.4. The first-order valence-corrected chi connectivity index (χ1v) is 11.8. The molecule has 3 aromatic heterocycles. The number of aryl methyl sites for hydroxylation is 1. The number of hydrogen-bond donors (Lipinski definition) is 1. The Bertz CT molecular complexity index is 1450. The number of ether oxygens (including phenoxy) is 1. The molecular formula is C25H23ClF2N6O2. The number of hydrogen-bond acceptors (Lipinski definition) is 6. The highest BCUT2D eigenvalue weighted by Gasteiger charge is 2.22. The van der Waals surface area contributed by atoms with Crippen LogP contribution in [-0.2, 0) is 11.8 Å². The van der Waals surface area contributed by atoms with E-state index in [4.69, 9.17) is 16.3 Å². The van der Waals surface area contributed by atoms with Gasteiger partial charge >= 0.3 is 0 Å². The monoisotopic (exact) mass is 512 g/mol. The van der Waals surface area contributed by atoms with Gasteiger partial charge in [0.15, 0.2) is 5.82 Å². The lowest BCUT2D eigenvalue weighted by molar-refractivity contribution is 0.0903. The fourth-order valence-corrected chi connectivity index (χ4v) is 4.41. The van der Waals surface area contributed by atoms with Crippen molar-refractivity contribution in [2.24, 2.45) is 7.05 Å². The van der Waals surface area contributed by atoms with Crippen LogP contribution in [0.5, 0.6) is 0 Å². The van der Waals surface area contributed by atoms with Crippen LogP contribution in [-0.4, -0.2) is 43.6 Å². The summed E-state index contributed by atoms with van der Waals surface area (Å²) in [6.45, 7) is 1.28. The number of aromatic nitrogens is 5. The normalized spacial score (nSPS) is 15.1. The molecule has 1 atom stereocenters. The Morgan fingerprint density at radius 3 is 2.61 bits per heavy atom. The van der Waals surface area contributed by atoms with Gasteiger partial charge in [-0.25, -0.2) is 18.7 Å². The van der Waals surface area contributed by atoms with Crippen molar-refractivity contribution in [2.45, 2.75) is 24.9 Å². The van der Waals surface area contributed by atoms with Crippen molar-refractivity contribution >= 4 is 17.5 Å². The number of halogens is 3. The van der Waals surface area contributed by atoms with E-state index in [9.17, 15) is 13.6 Å². The van der Waals surface area contributed by atoms with Gasteiger partial charge in [0.25, 0.3) is 5.56 Å². The van der Waals surface area contributed by atoms with Crippen molar-refractivity contribution in [3.8, 4) is 11.3 Å². The zero-order valence-electron chi connectivity index (χ0n) is 19.4. The van der Waals surface area contributed by atoms with Crippen molar-refractivity contribution < 1.29 is 13.5 Å². The Labute approximate surface area is 210 Å². The van der Waals surface area contributed by atoms with Crippen LogP contribution >= 0.6 is 11.6 Å². The first-order chi connectivity index (χ1) is 17.4. The van der Waals surface area contributed by atoms with Crippen LogP contribution in [0.4, 0.5) is 14.7 Å². The average Bonchev–Trinajstić information content (AvgIpc) is 3.30. The average molecular weight is 513 g/mol. The number of pyridine rings is 1. The third-order valence-electron chi connectivity index (χ3n) is 6.10. The fourth-order valence-electron chi connectivity index (χ4n) is 4.29. The summed E-state index contributed by atoms with van der Waals surface area (Å²) in [6, 6.07) is 6.75. The van der Waals surface area contributed by atoms with E-state index in [1.165, 1.54) is 29.0 Å². The molecule has 1 saturated heterocycles. The van der Waals surface area contributed by atoms with E-state index in [0.29, 0.717) is 29.9 Å². The summed E-state index contributed by atoms with van der Waals surface area (Å²) in [4.78, 5) is 21.7. The molecule has 11 heteroatoms. The van der Waals surface area contributed by atoms with Gasteiger partial charge in [0.1, 0.15) is 11.5 Å². The van der Waals surface area contributed by atoms with Crippen LogP contribution in [0.25, 0.3) is 11.3 Å². The molecule has 0 radical (unpaired) electrons. The SMILES string of the molecule is Cn1cc([C@H](c2ccc(Cl)c(F)c2)n2ccc(-c3nc(NC4CCOCC4)ncc3F)cc2=O)cn1. The molecule has 0 spiro atoms. The Balaban J connectivity index is 1.51. The van der Waals surface area contributed by atoms with Gasteiger partial charge in [-0.05, 0) is 36.6 Å². The highest BCUT2D eigenvalue weighted by atomic mass is 35.5. The van der Waals surface area contributed by atoms with Crippen LogP contribution in [0.2, 0.25) is 5.02 Å². The van der Waals surface area contributed by atoms with Crippen molar-refractivity contribution in [1.29, 1.82) is 0 Å². The van der Waals surface area contributed by atoms with Crippen LogP contribution in [0.3, 0.4) is 0 Å². The Morgan fingerprint density at radius 1 is 1.11 bits per heavy atom. The van der Waals surface area contributed by atoms with Crippen LogP contribution < -0.4 is 10.9 Å². The van der Waals surface area contributed by atoms with E-state index >= 15 is 0 Å². The van der Waals surface area contributed by atoms with Gasteiger partial charge in [-0.3, -0.25) is 9.48 Å². The molecule has 0 bridgehead atoms. The minimum absolute atomic E-state index is 0.0132. The summed E-state index contributed by atoms with van der Waals surface area (Å²) in [7, 11) is 1.75. The molecule has 1 N–H and O–H groups in total.